The number of nitrogens with two attached hydrogens (primary N) is 1. The van der Waals surface area contributed by atoms with Gasteiger partial charge in [0.2, 0.25) is 0 Å². The largest absolute Gasteiger partial charge is 0.381 e. The second-order valence-corrected chi connectivity index (χ2v) is 4.10. The van der Waals surface area contributed by atoms with Gasteiger partial charge in [0, 0.05) is 0 Å². The Bertz CT molecular complexity index is 485. The number of anilines is 1. The van der Waals surface area contributed by atoms with E-state index in [2.05, 4.69) is 48.4 Å². The molecule has 0 aliphatic heterocycles. The van der Waals surface area contributed by atoms with E-state index in [1.807, 2.05) is 4.68 Å². The van der Waals surface area contributed by atoms with Crippen molar-refractivity contribution in [3.63, 3.8) is 0 Å². The lowest BCUT2D eigenvalue weighted by Gasteiger charge is -2.06. The Morgan fingerprint density at radius 1 is 1.18 bits per heavy atom. The van der Waals surface area contributed by atoms with Gasteiger partial charge in [-0.2, -0.15) is 0 Å². The first-order valence-electron chi connectivity index (χ1n) is 6.05. The molecule has 0 saturated heterocycles. The van der Waals surface area contributed by atoms with E-state index in [0.717, 1.165) is 30.6 Å². The van der Waals surface area contributed by atoms with Gasteiger partial charge in [0.25, 0.3) is 0 Å². The van der Waals surface area contributed by atoms with E-state index in [0.29, 0.717) is 5.82 Å². The van der Waals surface area contributed by atoms with Gasteiger partial charge in [-0.1, -0.05) is 37.6 Å². The Balaban J connectivity index is 2.33. The minimum absolute atomic E-state index is 0.519. The quantitative estimate of drug-likeness (QED) is 0.877. The summed E-state index contributed by atoms with van der Waals surface area (Å²) in [4.78, 5) is 0. The monoisotopic (exact) mass is 230 g/mol. The maximum Gasteiger partial charge on any atom is 0.169 e. The van der Waals surface area contributed by atoms with Crippen LogP contribution in [0.15, 0.2) is 24.3 Å². The Hall–Kier alpha value is -1.84. The zero-order valence-electron chi connectivity index (χ0n) is 10.3. The number of hydrogen-bond acceptors (Lipinski definition) is 3. The van der Waals surface area contributed by atoms with Crippen LogP contribution in [-0.2, 0) is 12.8 Å². The molecule has 0 saturated carbocycles. The van der Waals surface area contributed by atoms with Crippen LogP contribution in [0.2, 0.25) is 0 Å². The van der Waals surface area contributed by atoms with E-state index in [9.17, 15) is 0 Å². The van der Waals surface area contributed by atoms with Gasteiger partial charge >= 0.3 is 0 Å². The molecule has 0 amide bonds. The molecular formula is C13H18N4. The standard InChI is InChI=1S/C13H18N4/c1-3-5-10-6-8-11(9-7-10)17-12(4-2)13(14)15-16-17/h6-9H,3-5,14H2,1-2H3. The van der Waals surface area contributed by atoms with Gasteiger partial charge in [0.05, 0.1) is 11.4 Å². The fraction of sp³-hybridized carbons (Fsp3) is 0.385. The van der Waals surface area contributed by atoms with Crippen LogP contribution in [-0.4, -0.2) is 15.0 Å². The highest BCUT2D eigenvalue weighted by molar-refractivity contribution is 5.41. The molecule has 0 atom stereocenters. The van der Waals surface area contributed by atoms with Crippen LogP contribution in [0, 0.1) is 0 Å². The van der Waals surface area contributed by atoms with E-state index in [-0.39, 0.29) is 0 Å². The van der Waals surface area contributed by atoms with E-state index in [1.165, 1.54) is 5.56 Å². The van der Waals surface area contributed by atoms with Crippen LogP contribution >= 0.6 is 0 Å². The lowest BCUT2D eigenvalue weighted by atomic mass is 10.1. The smallest absolute Gasteiger partial charge is 0.169 e. The topological polar surface area (TPSA) is 56.7 Å². The van der Waals surface area contributed by atoms with Crippen molar-refractivity contribution in [3.05, 3.63) is 35.5 Å². The molecule has 2 rings (SSSR count). The zero-order chi connectivity index (χ0) is 12.3. The second-order valence-electron chi connectivity index (χ2n) is 4.10. The molecule has 0 aliphatic rings. The van der Waals surface area contributed by atoms with Gasteiger partial charge in [-0.3, -0.25) is 0 Å². The molecule has 1 aromatic carbocycles. The van der Waals surface area contributed by atoms with Crippen molar-refractivity contribution in [1.29, 1.82) is 0 Å². The highest BCUT2D eigenvalue weighted by Crippen LogP contribution is 2.16. The summed E-state index contributed by atoms with van der Waals surface area (Å²) in [7, 11) is 0. The summed E-state index contributed by atoms with van der Waals surface area (Å²) in [6.07, 6.45) is 3.10. The Kier molecular flexibility index (Phi) is 3.42. The van der Waals surface area contributed by atoms with Crippen LogP contribution in [0.25, 0.3) is 5.69 Å². The third-order valence-electron chi connectivity index (χ3n) is 2.85. The minimum Gasteiger partial charge on any atom is -0.381 e. The molecule has 4 nitrogen and oxygen atoms in total. The van der Waals surface area contributed by atoms with E-state index in [1.54, 1.807) is 0 Å². The summed E-state index contributed by atoms with van der Waals surface area (Å²) in [6.45, 7) is 4.23. The number of rotatable bonds is 4. The zero-order valence-corrected chi connectivity index (χ0v) is 10.3. The van der Waals surface area contributed by atoms with Gasteiger partial charge in [-0.25, -0.2) is 4.68 Å². The van der Waals surface area contributed by atoms with Crippen LogP contribution < -0.4 is 5.73 Å². The van der Waals surface area contributed by atoms with Crippen molar-refractivity contribution in [3.8, 4) is 5.69 Å². The third kappa shape index (κ3) is 2.30. The number of nitrogen functional groups attached to an aromatic ring is 1. The normalized spacial score (nSPS) is 10.7. The lowest BCUT2D eigenvalue weighted by molar-refractivity contribution is 0.766. The Morgan fingerprint density at radius 2 is 1.88 bits per heavy atom. The van der Waals surface area contributed by atoms with Crippen LogP contribution in [0.3, 0.4) is 0 Å². The average molecular weight is 230 g/mol. The van der Waals surface area contributed by atoms with Crippen LogP contribution in [0.1, 0.15) is 31.5 Å². The number of aromatic nitrogens is 3. The predicted octanol–water partition coefficient (Wildman–Crippen LogP) is 2.36. The summed E-state index contributed by atoms with van der Waals surface area (Å²) in [6, 6.07) is 8.41. The fourth-order valence-corrected chi connectivity index (χ4v) is 1.94. The molecule has 0 aliphatic carbocycles. The molecule has 17 heavy (non-hydrogen) atoms. The number of benzene rings is 1. The van der Waals surface area contributed by atoms with E-state index < -0.39 is 0 Å². The summed E-state index contributed by atoms with van der Waals surface area (Å²) in [5.41, 5.74) is 9.11. The lowest BCUT2D eigenvalue weighted by Crippen LogP contribution is -2.02. The molecule has 1 aromatic heterocycles. The van der Waals surface area contributed by atoms with Crippen molar-refractivity contribution in [2.45, 2.75) is 33.1 Å². The van der Waals surface area contributed by atoms with Gasteiger partial charge in [-0.05, 0) is 30.5 Å². The molecule has 4 heteroatoms. The molecule has 1 heterocycles. The van der Waals surface area contributed by atoms with Crippen LogP contribution in [0.4, 0.5) is 5.82 Å². The average Bonchev–Trinajstić information content (AvgIpc) is 2.72. The Labute approximate surface area is 101 Å². The van der Waals surface area contributed by atoms with Crippen molar-refractivity contribution < 1.29 is 0 Å². The van der Waals surface area contributed by atoms with Crippen molar-refractivity contribution >= 4 is 5.82 Å². The molecule has 0 fully saturated rings. The molecule has 2 aromatic rings. The molecule has 2 N–H and O–H groups in total. The Morgan fingerprint density at radius 3 is 2.47 bits per heavy atom. The van der Waals surface area contributed by atoms with Gasteiger partial charge in [0.1, 0.15) is 0 Å². The van der Waals surface area contributed by atoms with Crippen molar-refractivity contribution in [1.82, 2.24) is 15.0 Å². The first-order valence-corrected chi connectivity index (χ1v) is 6.05. The first kappa shape index (κ1) is 11.6. The van der Waals surface area contributed by atoms with Crippen molar-refractivity contribution in [2.75, 3.05) is 5.73 Å². The molecule has 0 unspecified atom stereocenters. The van der Waals surface area contributed by atoms with Gasteiger partial charge in [-0.15, -0.1) is 5.10 Å². The SMILES string of the molecule is CCCc1ccc(-n2nnc(N)c2CC)cc1. The highest BCUT2D eigenvalue weighted by Gasteiger charge is 2.09. The summed E-state index contributed by atoms with van der Waals surface area (Å²) in [5, 5.41) is 7.99. The van der Waals surface area contributed by atoms with E-state index >= 15 is 0 Å². The maximum atomic E-state index is 5.77. The summed E-state index contributed by atoms with van der Waals surface area (Å²) < 4.78 is 1.81. The predicted molar refractivity (Wildman–Crippen MR) is 69.1 cm³/mol. The molecule has 0 bridgehead atoms. The van der Waals surface area contributed by atoms with Crippen LogP contribution in [0.5, 0.6) is 0 Å². The minimum atomic E-state index is 0.519. The highest BCUT2D eigenvalue weighted by atomic mass is 15.4. The molecular weight excluding hydrogens is 212 g/mol. The van der Waals surface area contributed by atoms with E-state index in [4.69, 9.17) is 5.73 Å². The fourth-order valence-electron chi connectivity index (χ4n) is 1.94. The number of hydrogen-bond donors (Lipinski definition) is 1. The number of nitrogens with zero attached hydrogens (tertiary/aromatic N) is 3. The van der Waals surface area contributed by atoms with Gasteiger partial charge in [0.15, 0.2) is 5.82 Å². The second kappa shape index (κ2) is 4.99. The third-order valence-corrected chi connectivity index (χ3v) is 2.85. The summed E-state index contributed by atoms with van der Waals surface area (Å²) >= 11 is 0. The number of aryl methyl sites for hydroxylation is 1. The molecule has 0 spiro atoms. The van der Waals surface area contributed by atoms with Crippen molar-refractivity contribution in [2.24, 2.45) is 0 Å². The summed E-state index contributed by atoms with van der Waals surface area (Å²) in [5.74, 6) is 0.519. The molecule has 90 valence electrons. The van der Waals surface area contributed by atoms with Gasteiger partial charge < -0.3 is 5.73 Å². The first-order chi connectivity index (χ1) is 8.26. The maximum absolute atomic E-state index is 5.77. The molecule has 0 radical (unpaired) electrons.